The van der Waals surface area contributed by atoms with Crippen molar-refractivity contribution in [3.05, 3.63) is 35.9 Å². The molecule has 1 aromatic carbocycles. The number of aliphatic carboxylic acids is 1. The molecular weight excluding hydrogens is 270 g/mol. The zero-order valence-corrected chi connectivity index (χ0v) is 11.8. The lowest BCUT2D eigenvalue weighted by atomic mass is 9.74. The number of carbonyl (C=O) groups is 2. The number of carbonyl (C=O) groups excluding carboxylic acids is 1. The van der Waals surface area contributed by atoms with Crippen LogP contribution in [0.25, 0.3) is 0 Å². The first kappa shape index (κ1) is 14.1. The SMILES string of the molecule is O=C(Cc1ccccc1)N1C[C@H]2COCC[C@@]2(C(=O)O)C1. The minimum absolute atomic E-state index is 0.00350. The molecule has 0 aromatic heterocycles. The second kappa shape index (κ2) is 5.48. The highest BCUT2D eigenvalue weighted by atomic mass is 16.5. The second-order valence-corrected chi connectivity index (χ2v) is 5.92. The van der Waals surface area contributed by atoms with Crippen molar-refractivity contribution in [2.45, 2.75) is 12.8 Å². The Morgan fingerprint density at radius 2 is 2.10 bits per heavy atom. The quantitative estimate of drug-likeness (QED) is 0.907. The van der Waals surface area contributed by atoms with Gasteiger partial charge in [-0.05, 0) is 12.0 Å². The van der Waals surface area contributed by atoms with Crippen LogP contribution in [-0.2, 0) is 20.7 Å². The molecule has 5 heteroatoms. The van der Waals surface area contributed by atoms with Gasteiger partial charge in [-0.1, -0.05) is 30.3 Å². The number of carboxylic acid groups (broad SMARTS) is 1. The van der Waals surface area contributed by atoms with Crippen molar-refractivity contribution in [2.75, 3.05) is 26.3 Å². The van der Waals surface area contributed by atoms with E-state index in [2.05, 4.69) is 0 Å². The number of amides is 1. The number of rotatable bonds is 3. The van der Waals surface area contributed by atoms with Gasteiger partial charge in [0.15, 0.2) is 0 Å². The number of likely N-dealkylation sites (tertiary alicyclic amines) is 1. The van der Waals surface area contributed by atoms with Crippen LogP contribution in [0.3, 0.4) is 0 Å². The molecule has 0 saturated carbocycles. The van der Waals surface area contributed by atoms with Crippen molar-refractivity contribution in [1.29, 1.82) is 0 Å². The smallest absolute Gasteiger partial charge is 0.311 e. The number of benzene rings is 1. The predicted octanol–water partition coefficient (Wildman–Crippen LogP) is 1.18. The Morgan fingerprint density at radius 3 is 2.76 bits per heavy atom. The Bertz CT molecular complexity index is 544. The maximum absolute atomic E-state index is 12.4. The Balaban J connectivity index is 1.73. The van der Waals surface area contributed by atoms with Crippen molar-refractivity contribution in [1.82, 2.24) is 4.90 Å². The molecule has 2 aliphatic heterocycles. The van der Waals surface area contributed by atoms with Gasteiger partial charge in [-0.3, -0.25) is 9.59 Å². The summed E-state index contributed by atoms with van der Waals surface area (Å²) in [5, 5.41) is 9.59. The molecule has 0 aliphatic carbocycles. The number of ether oxygens (including phenoxy) is 1. The lowest BCUT2D eigenvalue weighted by Crippen LogP contribution is -2.45. The molecule has 2 saturated heterocycles. The molecule has 1 aromatic rings. The maximum Gasteiger partial charge on any atom is 0.311 e. The van der Waals surface area contributed by atoms with Crippen molar-refractivity contribution >= 4 is 11.9 Å². The molecule has 2 atom stereocenters. The average molecular weight is 289 g/mol. The monoisotopic (exact) mass is 289 g/mol. The standard InChI is InChI=1S/C16H19NO4/c18-14(8-12-4-2-1-3-5-12)17-9-13-10-21-7-6-16(13,11-17)15(19)20/h1-5,13H,6-11H2,(H,19,20)/t13-,16+/m0/s1. The zero-order chi connectivity index (χ0) is 14.9. The van der Waals surface area contributed by atoms with Crippen LogP contribution in [0, 0.1) is 11.3 Å². The van der Waals surface area contributed by atoms with Gasteiger partial charge in [0.1, 0.15) is 0 Å². The van der Waals surface area contributed by atoms with E-state index in [9.17, 15) is 14.7 Å². The van der Waals surface area contributed by atoms with E-state index >= 15 is 0 Å². The van der Waals surface area contributed by atoms with Gasteiger partial charge in [0, 0.05) is 25.6 Å². The largest absolute Gasteiger partial charge is 0.481 e. The summed E-state index contributed by atoms with van der Waals surface area (Å²) in [7, 11) is 0. The summed E-state index contributed by atoms with van der Waals surface area (Å²) in [6.07, 6.45) is 0.812. The molecule has 0 spiro atoms. The van der Waals surface area contributed by atoms with E-state index in [0.29, 0.717) is 39.1 Å². The fraction of sp³-hybridized carbons (Fsp3) is 0.500. The molecule has 0 bridgehead atoms. The van der Waals surface area contributed by atoms with Crippen LogP contribution >= 0.6 is 0 Å². The van der Waals surface area contributed by atoms with Crippen LogP contribution in [-0.4, -0.2) is 48.2 Å². The van der Waals surface area contributed by atoms with Gasteiger partial charge in [0.05, 0.1) is 18.4 Å². The van der Waals surface area contributed by atoms with E-state index in [1.54, 1.807) is 4.90 Å². The lowest BCUT2D eigenvalue weighted by molar-refractivity contribution is -0.157. The minimum atomic E-state index is -0.815. The predicted molar refractivity (Wildman–Crippen MR) is 75.7 cm³/mol. The van der Waals surface area contributed by atoms with E-state index in [1.807, 2.05) is 30.3 Å². The van der Waals surface area contributed by atoms with Crippen molar-refractivity contribution < 1.29 is 19.4 Å². The fourth-order valence-electron chi connectivity index (χ4n) is 3.37. The number of fused-ring (bicyclic) bond motifs is 1. The summed E-state index contributed by atoms with van der Waals surface area (Å²) >= 11 is 0. The van der Waals surface area contributed by atoms with Gasteiger partial charge >= 0.3 is 5.97 Å². The summed E-state index contributed by atoms with van der Waals surface area (Å²) < 4.78 is 5.40. The molecule has 2 heterocycles. The molecule has 112 valence electrons. The fourth-order valence-corrected chi connectivity index (χ4v) is 3.37. The third-order valence-electron chi connectivity index (χ3n) is 4.68. The highest BCUT2D eigenvalue weighted by Crippen LogP contribution is 2.42. The van der Waals surface area contributed by atoms with E-state index < -0.39 is 11.4 Å². The Hall–Kier alpha value is -1.88. The number of nitrogens with zero attached hydrogens (tertiary/aromatic N) is 1. The van der Waals surface area contributed by atoms with Gasteiger partial charge in [0.25, 0.3) is 0 Å². The van der Waals surface area contributed by atoms with Crippen LogP contribution in [0.5, 0.6) is 0 Å². The van der Waals surface area contributed by atoms with Crippen LogP contribution in [0.2, 0.25) is 0 Å². The molecule has 5 nitrogen and oxygen atoms in total. The first-order valence-corrected chi connectivity index (χ1v) is 7.25. The summed E-state index contributed by atoms with van der Waals surface area (Å²) in [5.41, 5.74) is 0.142. The van der Waals surface area contributed by atoms with Gasteiger partial charge in [-0.2, -0.15) is 0 Å². The molecule has 2 aliphatic rings. The molecule has 1 amide bonds. The lowest BCUT2D eigenvalue weighted by Gasteiger charge is -2.33. The molecular formula is C16H19NO4. The minimum Gasteiger partial charge on any atom is -0.481 e. The maximum atomic E-state index is 12.4. The van der Waals surface area contributed by atoms with Crippen LogP contribution in [0.4, 0.5) is 0 Å². The Morgan fingerprint density at radius 1 is 1.33 bits per heavy atom. The summed E-state index contributed by atoms with van der Waals surface area (Å²) in [4.78, 5) is 25.8. The molecule has 0 unspecified atom stereocenters. The molecule has 21 heavy (non-hydrogen) atoms. The van der Waals surface area contributed by atoms with Crippen LogP contribution in [0.15, 0.2) is 30.3 Å². The van der Waals surface area contributed by atoms with Crippen molar-refractivity contribution in [2.24, 2.45) is 11.3 Å². The highest BCUT2D eigenvalue weighted by molar-refractivity contribution is 5.82. The number of carboxylic acids is 1. The summed E-state index contributed by atoms with van der Waals surface area (Å²) in [6.45, 7) is 1.69. The van der Waals surface area contributed by atoms with Crippen LogP contribution in [0.1, 0.15) is 12.0 Å². The summed E-state index contributed by atoms with van der Waals surface area (Å²) in [5.74, 6) is -0.898. The summed E-state index contributed by atoms with van der Waals surface area (Å²) in [6, 6.07) is 9.54. The third-order valence-corrected chi connectivity index (χ3v) is 4.68. The highest BCUT2D eigenvalue weighted by Gasteiger charge is 2.54. The number of hydrogen-bond acceptors (Lipinski definition) is 3. The van der Waals surface area contributed by atoms with E-state index in [1.165, 1.54) is 0 Å². The first-order chi connectivity index (χ1) is 10.1. The molecule has 3 rings (SSSR count). The molecule has 0 radical (unpaired) electrons. The van der Waals surface area contributed by atoms with Crippen LogP contribution < -0.4 is 0 Å². The molecule has 1 N–H and O–H groups in total. The van der Waals surface area contributed by atoms with Gasteiger partial charge in [-0.15, -0.1) is 0 Å². The topological polar surface area (TPSA) is 66.8 Å². The molecule has 2 fully saturated rings. The van der Waals surface area contributed by atoms with E-state index in [0.717, 1.165) is 5.56 Å². The Labute approximate surface area is 123 Å². The Kier molecular flexibility index (Phi) is 3.68. The first-order valence-electron chi connectivity index (χ1n) is 7.25. The van der Waals surface area contributed by atoms with Crippen molar-refractivity contribution in [3.8, 4) is 0 Å². The number of hydrogen-bond donors (Lipinski definition) is 1. The van der Waals surface area contributed by atoms with Gasteiger partial charge in [0.2, 0.25) is 5.91 Å². The third kappa shape index (κ3) is 2.53. The second-order valence-electron chi connectivity index (χ2n) is 5.92. The van der Waals surface area contributed by atoms with Gasteiger partial charge < -0.3 is 14.7 Å². The van der Waals surface area contributed by atoms with Gasteiger partial charge in [-0.25, -0.2) is 0 Å². The van der Waals surface area contributed by atoms with E-state index in [-0.39, 0.29) is 11.8 Å². The van der Waals surface area contributed by atoms with E-state index in [4.69, 9.17) is 4.74 Å². The van der Waals surface area contributed by atoms with Crippen molar-refractivity contribution in [3.63, 3.8) is 0 Å². The average Bonchev–Trinajstić information content (AvgIpc) is 2.89. The zero-order valence-electron chi connectivity index (χ0n) is 11.8. The normalized spacial score (nSPS) is 28.2.